The molecule has 1 heterocycles. The lowest BCUT2D eigenvalue weighted by Crippen LogP contribution is -2.37. The van der Waals surface area contributed by atoms with Gasteiger partial charge in [-0.25, -0.2) is 0 Å². The van der Waals surface area contributed by atoms with Crippen molar-refractivity contribution >= 4 is 11.6 Å². The lowest BCUT2D eigenvalue weighted by atomic mass is 9.86. The normalized spacial score (nSPS) is 23.8. The van der Waals surface area contributed by atoms with Crippen LogP contribution in [0.4, 0.5) is 0 Å². The van der Waals surface area contributed by atoms with Gasteiger partial charge in [-0.1, -0.05) is 38.3 Å². The van der Waals surface area contributed by atoms with Gasteiger partial charge in [0.1, 0.15) is 0 Å². The van der Waals surface area contributed by atoms with Crippen LogP contribution in [0.2, 0.25) is 5.02 Å². The van der Waals surface area contributed by atoms with E-state index in [0.29, 0.717) is 6.04 Å². The molecule has 0 spiro atoms. The van der Waals surface area contributed by atoms with Crippen LogP contribution in [0.25, 0.3) is 0 Å². The van der Waals surface area contributed by atoms with E-state index < -0.39 is 0 Å². The molecule has 1 aliphatic carbocycles. The Labute approximate surface area is 121 Å². The molecule has 1 aromatic rings. The Balaban J connectivity index is 2.04. The van der Waals surface area contributed by atoms with E-state index in [1.54, 1.807) is 0 Å². The fourth-order valence-electron chi connectivity index (χ4n) is 3.03. The second-order valence-electron chi connectivity index (χ2n) is 5.63. The summed E-state index contributed by atoms with van der Waals surface area (Å²) in [4.78, 5) is 0. The molecule has 1 aliphatic rings. The molecule has 0 radical (unpaired) electrons. The number of hydrogen-bond donors (Lipinski definition) is 1. The van der Waals surface area contributed by atoms with Crippen molar-refractivity contribution in [3.05, 3.63) is 16.4 Å². The summed E-state index contributed by atoms with van der Waals surface area (Å²) < 4.78 is 2.04. The molecule has 1 aromatic heterocycles. The zero-order valence-corrected chi connectivity index (χ0v) is 13.1. The third-order valence-corrected chi connectivity index (χ3v) is 4.77. The van der Waals surface area contributed by atoms with Gasteiger partial charge in [-0.2, -0.15) is 5.10 Å². The molecule has 1 saturated carbocycles. The summed E-state index contributed by atoms with van der Waals surface area (Å²) in [7, 11) is 0. The first-order valence-electron chi connectivity index (χ1n) is 7.64. The molecule has 0 saturated heterocycles. The van der Waals surface area contributed by atoms with Crippen molar-refractivity contribution in [3.63, 3.8) is 0 Å². The second kappa shape index (κ2) is 6.76. The Morgan fingerprint density at radius 2 is 2.05 bits per heavy atom. The summed E-state index contributed by atoms with van der Waals surface area (Å²) in [6.07, 6.45) is 6.27. The average Bonchev–Trinajstić information content (AvgIpc) is 2.74. The van der Waals surface area contributed by atoms with Crippen molar-refractivity contribution in [2.24, 2.45) is 5.92 Å². The summed E-state index contributed by atoms with van der Waals surface area (Å²) >= 11 is 6.44. The molecular formula is C15H26ClN3. The van der Waals surface area contributed by atoms with Crippen LogP contribution < -0.4 is 5.32 Å². The monoisotopic (exact) mass is 283 g/mol. The summed E-state index contributed by atoms with van der Waals surface area (Å²) in [5.41, 5.74) is 2.18. The Bertz CT molecular complexity index is 414. The minimum Gasteiger partial charge on any atom is -0.308 e. The number of nitrogens with one attached hydrogen (secondary N) is 1. The maximum absolute atomic E-state index is 6.44. The van der Waals surface area contributed by atoms with Gasteiger partial charge in [0.05, 0.1) is 16.4 Å². The van der Waals surface area contributed by atoms with E-state index in [2.05, 4.69) is 31.2 Å². The first-order chi connectivity index (χ1) is 9.17. The molecule has 1 N–H and O–H groups in total. The van der Waals surface area contributed by atoms with Gasteiger partial charge in [0.25, 0.3) is 0 Å². The summed E-state index contributed by atoms with van der Waals surface area (Å²) in [6, 6.07) is 0.634. The van der Waals surface area contributed by atoms with E-state index in [9.17, 15) is 0 Å². The highest BCUT2D eigenvalue weighted by Gasteiger charge is 2.22. The van der Waals surface area contributed by atoms with Gasteiger partial charge in [-0.05, 0) is 32.1 Å². The average molecular weight is 284 g/mol. The Morgan fingerprint density at radius 3 is 2.68 bits per heavy atom. The minimum atomic E-state index is 0.634. The summed E-state index contributed by atoms with van der Waals surface area (Å²) in [5.74, 6) is 0.774. The van der Waals surface area contributed by atoms with E-state index in [1.807, 2.05) is 4.68 Å². The van der Waals surface area contributed by atoms with E-state index in [0.717, 1.165) is 41.8 Å². The highest BCUT2D eigenvalue weighted by Crippen LogP contribution is 2.26. The quantitative estimate of drug-likeness (QED) is 0.891. The standard InChI is InChI=1S/C15H26ClN3/c1-4-12-15(16)14(19(5-2)18-12)10-17-13-9-7-6-8-11(13)3/h11,13,17H,4-10H2,1-3H3. The van der Waals surface area contributed by atoms with Gasteiger partial charge in [0.15, 0.2) is 0 Å². The molecule has 0 amide bonds. The molecule has 0 aliphatic heterocycles. The van der Waals surface area contributed by atoms with E-state index in [4.69, 9.17) is 11.6 Å². The highest BCUT2D eigenvalue weighted by atomic mass is 35.5. The van der Waals surface area contributed by atoms with Crippen molar-refractivity contribution in [2.45, 2.75) is 72.0 Å². The van der Waals surface area contributed by atoms with E-state index >= 15 is 0 Å². The van der Waals surface area contributed by atoms with Crippen LogP contribution in [0.3, 0.4) is 0 Å². The van der Waals surface area contributed by atoms with Gasteiger partial charge >= 0.3 is 0 Å². The van der Waals surface area contributed by atoms with Crippen molar-refractivity contribution < 1.29 is 0 Å². The van der Waals surface area contributed by atoms with Crippen molar-refractivity contribution in [1.29, 1.82) is 0 Å². The van der Waals surface area contributed by atoms with Crippen LogP contribution in [0, 0.1) is 5.92 Å². The predicted octanol–water partition coefficient (Wildman–Crippen LogP) is 3.79. The van der Waals surface area contributed by atoms with Gasteiger partial charge in [0.2, 0.25) is 0 Å². The minimum absolute atomic E-state index is 0.634. The predicted molar refractivity (Wildman–Crippen MR) is 80.5 cm³/mol. The number of nitrogens with zero attached hydrogens (tertiary/aromatic N) is 2. The largest absolute Gasteiger partial charge is 0.308 e. The second-order valence-corrected chi connectivity index (χ2v) is 6.00. The van der Waals surface area contributed by atoms with Crippen LogP contribution in [-0.2, 0) is 19.5 Å². The Kier molecular flexibility index (Phi) is 5.28. The van der Waals surface area contributed by atoms with Crippen molar-refractivity contribution in [2.75, 3.05) is 0 Å². The molecule has 3 nitrogen and oxygen atoms in total. The molecule has 4 heteroatoms. The van der Waals surface area contributed by atoms with Crippen molar-refractivity contribution in [1.82, 2.24) is 15.1 Å². The molecule has 2 unspecified atom stereocenters. The van der Waals surface area contributed by atoms with Crippen LogP contribution in [0.1, 0.15) is 57.8 Å². The molecule has 108 valence electrons. The molecule has 0 bridgehead atoms. The molecular weight excluding hydrogens is 258 g/mol. The first-order valence-corrected chi connectivity index (χ1v) is 8.02. The van der Waals surface area contributed by atoms with Crippen LogP contribution >= 0.6 is 11.6 Å². The SMILES string of the molecule is CCc1nn(CC)c(CNC2CCCCC2C)c1Cl. The lowest BCUT2D eigenvalue weighted by molar-refractivity contribution is 0.277. The summed E-state index contributed by atoms with van der Waals surface area (Å²) in [6.45, 7) is 8.31. The fraction of sp³-hybridized carbons (Fsp3) is 0.800. The van der Waals surface area contributed by atoms with E-state index in [1.165, 1.54) is 25.7 Å². The van der Waals surface area contributed by atoms with Crippen LogP contribution in [-0.4, -0.2) is 15.8 Å². The first kappa shape index (κ1) is 14.9. The third kappa shape index (κ3) is 3.32. The number of halogens is 1. The lowest BCUT2D eigenvalue weighted by Gasteiger charge is -2.29. The highest BCUT2D eigenvalue weighted by molar-refractivity contribution is 6.31. The number of aromatic nitrogens is 2. The molecule has 2 atom stereocenters. The van der Waals surface area contributed by atoms with Gasteiger partial charge in [0, 0.05) is 19.1 Å². The maximum Gasteiger partial charge on any atom is 0.0863 e. The zero-order chi connectivity index (χ0) is 13.8. The number of hydrogen-bond acceptors (Lipinski definition) is 2. The number of aryl methyl sites for hydroxylation is 2. The molecule has 19 heavy (non-hydrogen) atoms. The number of rotatable bonds is 5. The van der Waals surface area contributed by atoms with Gasteiger partial charge in [-0.3, -0.25) is 4.68 Å². The fourth-order valence-corrected chi connectivity index (χ4v) is 3.37. The zero-order valence-electron chi connectivity index (χ0n) is 12.4. The smallest absolute Gasteiger partial charge is 0.0863 e. The van der Waals surface area contributed by atoms with Crippen LogP contribution in [0.5, 0.6) is 0 Å². The molecule has 2 rings (SSSR count). The Morgan fingerprint density at radius 1 is 1.32 bits per heavy atom. The maximum atomic E-state index is 6.44. The summed E-state index contributed by atoms with van der Waals surface area (Å²) in [5, 5.41) is 9.13. The van der Waals surface area contributed by atoms with Gasteiger partial charge < -0.3 is 5.32 Å². The van der Waals surface area contributed by atoms with Gasteiger partial charge in [-0.15, -0.1) is 0 Å². The third-order valence-electron chi connectivity index (χ3n) is 4.34. The van der Waals surface area contributed by atoms with Crippen molar-refractivity contribution in [3.8, 4) is 0 Å². The van der Waals surface area contributed by atoms with E-state index in [-0.39, 0.29) is 0 Å². The molecule has 1 fully saturated rings. The molecule has 0 aromatic carbocycles. The van der Waals surface area contributed by atoms with Crippen LogP contribution in [0.15, 0.2) is 0 Å². The Hall–Kier alpha value is -0.540. The topological polar surface area (TPSA) is 29.9 Å².